The number of carbonyl (C=O) groups is 2. The van der Waals surface area contributed by atoms with Crippen LogP contribution in [0.5, 0.6) is 0 Å². The van der Waals surface area contributed by atoms with E-state index in [1.807, 2.05) is 12.1 Å². The van der Waals surface area contributed by atoms with Crippen LogP contribution in [0.15, 0.2) is 53.4 Å². The predicted octanol–water partition coefficient (Wildman–Crippen LogP) is 2.96. The Morgan fingerprint density at radius 1 is 0.900 bits per heavy atom. The lowest BCUT2D eigenvalue weighted by atomic mass is 10.1. The summed E-state index contributed by atoms with van der Waals surface area (Å²) in [6.07, 6.45) is 0.0150. The van der Waals surface area contributed by atoms with Gasteiger partial charge in [0.1, 0.15) is 0 Å². The van der Waals surface area contributed by atoms with E-state index < -0.39 is 15.9 Å². The summed E-state index contributed by atoms with van der Waals surface area (Å²) in [7, 11) is -3.89. The molecular formula is C21H20N4O4S. The first-order valence-corrected chi connectivity index (χ1v) is 10.5. The average Bonchev–Trinajstić information content (AvgIpc) is 2.74. The molecular weight excluding hydrogens is 404 g/mol. The molecule has 9 heteroatoms. The largest absolute Gasteiger partial charge is 0.322 e. The van der Waals surface area contributed by atoms with Gasteiger partial charge in [0, 0.05) is 42.7 Å². The van der Waals surface area contributed by atoms with Crippen molar-refractivity contribution >= 4 is 27.4 Å². The Hall–Kier alpha value is -3.53. The minimum Gasteiger partial charge on any atom is -0.322 e. The second-order valence-corrected chi connectivity index (χ2v) is 8.27. The SMILES string of the molecule is CC(=O)c1ccc(NC(=O)c2ccc(S(=O)(=O)N(CCC#N)CCC#N)cc2)cc1. The van der Waals surface area contributed by atoms with Crippen molar-refractivity contribution in [1.29, 1.82) is 10.5 Å². The van der Waals surface area contributed by atoms with Crippen LogP contribution in [0.1, 0.15) is 40.5 Å². The summed E-state index contributed by atoms with van der Waals surface area (Å²) in [6.45, 7) is 1.42. The summed E-state index contributed by atoms with van der Waals surface area (Å²) in [6, 6.07) is 15.6. The van der Waals surface area contributed by atoms with E-state index in [9.17, 15) is 18.0 Å². The molecule has 0 aromatic heterocycles. The van der Waals surface area contributed by atoms with Crippen molar-refractivity contribution in [2.45, 2.75) is 24.7 Å². The molecule has 1 N–H and O–H groups in total. The molecule has 8 nitrogen and oxygen atoms in total. The van der Waals surface area contributed by atoms with Gasteiger partial charge in [0.2, 0.25) is 10.0 Å². The summed E-state index contributed by atoms with van der Waals surface area (Å²) in [5, 5.41) is 20.2. The highest BCUT2D eigenvalue weighted by atomic mass is 32.2. The number of nitrogens with one attached hydrogen (secondary N) is 1. The van der Waals surface area contributed by atoms with Gasteiger partial charge in [0.05, 0.1) is 17.0 Å². The van der Waals surface area contributed by atoms with Crippen molar-refractivity contribution < 1.29 is 18.0 Å². The highest BCUT2D eigenvalue weighted by Crippen LogP contribution is 2.18. The van der Waals surface area contributed by atoms with E-state index in [-0.39, 0.29) is 42.2 Å². The number of amides is 1. The second-order valence-electron chi connectivity index (χ2n) is 6.33. The molecule has 0 aliphatic rings. The van der Waals surface area contributed by atoms with E-state index >= 15 is 0 Å². The molecule has 0 atom stereocenters. The van der Waals surface area contributed by atoms with E-state index in [1.165, 1.54) is 31.2 Å². The number of carbonyl (C=O) groups excluding carboxylic acids is 2. The van der Waals surface area contributed by atoms with E-state index in [4.69, 9.17) is 10.5 Å². The highest BCUT2D eigenvalue weighted by Gasteiger charge is 2.24. The van der Waals surface area contributed by atoms with Crippen molar-refractivity contribution in [3.63, 3.8) is 0 Å². The van der Waals surface area contributed by atoms with Crippen LogP contribution >= 0.6 is 0 Å². The zero-order valence-electron chi connectivity index (χ0n) is 16.3. The third-order valence-corrected chi connectivity index (χ3v) is 6.16. The number of benzene rings is 2. The molecule has 0 saturated carbocycles. The number of hydrogen-bond donors (Lipinski definition) is 1. The lowest BCUT2D eigenvalue weighted by Gasteiger charge is -2.20. The third-order valence-electron chi connectivity index (χ3n) is 4.25. The lowest BCUT2D eigenvalue weighted by Crippen LogP contribution is -2.32. The number of ketones is 1. The van der Waals surface area contributed by atoms with Crippen molar-refractivity contribution in [2.75, 3.05) is 18.4 Å². The molecule has 2 aromatic carbocycles. The maximum Gasteiger partial charge on any atom is 0.255 e. The minimum atomic E-state index is -3.89. The highest BCUT2D eigenvalue weighted by molar-refractivity contribution is 7.89. The van der Waals surface area contributed by atoms with E-state index in [2.05, 4.69) is 5.32 Å². The van der Waals surface area contributed by atoms with Crippen molar-refractivity contribution in [2.24, 2.45) is 0 Å². The maximum absolute atomic E-state index is 12.8. The van der Waals surface area contributed by atoms with Gasteiger partial charge in [-0.25, -0.2) is 8.42 Å². The fraction of sp³-hybridized carbons (Fsp3) is 0.238. The van der Waals surface area contributed by atoms with Crippen LogP contribution in [0, 0.1) is 22.7 Å². The number of Topliss-reactive ketones (excluding diaryl/α,β-unsaturated/α-hetero) is 1. The monoisotopic (exact) mass is 424 g/mol. The van der Waals surface area contributed by atoms with Crippen molar-refractivity contribution in [1.82, 2.24) is 4.31 Å². The standard InChI is InChI=1S/C21H20N4O4S/c1-16(26)17-4-8-19(9-5-17)24-21(27)18-6-10-20(11-7-18)30(28,29)25(14-2-12-22)15-3-13-23/h4-11H,2-3,14-15H2,1H3,(H,24,27). The van der Waals surface area contributed by atoms with Gasteiger partial charge in [-0.05, 0) is 55.5 Å². The van der Waals surface area contributed by atoms with E-state index in [0.717, 1.165) is 4.31 Å². The van der Waals surface area contributed by atoms with Gasteiger partial charge < -0.3 is 5.32 Å². The smallest absolute Gasteiger partial charge is 0.255 e. The Labute approximate surface area is 175 Å². The maximum atomic E-state index is 12.8. The van der Waals surface area contributed by atoms with E-state index in [0.29, 0.717) is 11.3 Å². The van der Waals surface area contributed by atoms with Gasteiger partial charge in [-0.3, -0.25) is 9.59 Å². The zero-order chi connectivity index (χ0) is 22.1. The van der Waals surface area contributed by atoms with Gasteiger partial charge in [-0.2, -0.15) is 14.8 Å². The fourth-order valence-electron chi connectivity index (χ4n) is 2.62. The van der Waals surface area contributed by atoms with Gasteiger partial charge >= 0.3 is 0 Å². The molecule has 2 rings (SSSR count). The van der Waals surface area contributed by atoms with Crippen LogP contribution in [0.2, 0.25) is 0 Å². The molecule has 0 aliphatic carbocycles. The molecule has 0 aliphatic heterocycles. The van der Waals surface area contributed by atoms with Crippen molar-refractivity contribution in [3.8, 4) is 12.1 Å². The number of sulfonamides is 1. The normalized spacial score (nSPS) is 10.8. The summed E-state index contributed by atoms with van der Waals surface area (Å²) in [4.78, 5) is 23.7. The van der Waals surface area contributed by atoms with Crippen LogP contribution in [-0.4, -0.2) is 37.5 Å². The molecule has 1 amide bonds. The Balaban J connectivity index is 2.15. The molecule has 0 saturated heterocycles. The lowest BCUT2D eigenvalue weighted by molar-refractivity contribution is 0.101. The van der Waals surface area contributed by atoms with Gasteiger partial charge in [-0.1, -0.05) is 0 Å². The fourth-order valence-corrected chi connectivity index (χ4v) is 4.06. The van der Waals surface area contributed by atoms with Gasteiger partial charge in [0.25, 0.3) is 5.91 Å². The Kier molecular flexibility index (Phi) is 7.82. The summed E-state index contributed by atoms with van der Waals surface area (Å²) in [5.41, 5.74) is 1.28. The Morgan fingerprint density at radius 2 is 1.40 bits per heavy atom. The molecule has 0 radical (unpaired) electrons. The van der Waals surface area contributed by atoms with Crippen LogP contribution in [-0.2, 0) is 10.0 Å². The van der Waals surface area contributed by atoms with Crippen LogP contribution in [0.4, 0.5) is 5.69 Å². The first-order chi connectivity index (χ1) is 14.3. The van der Waals surface area contributed by atoms with Gasteiger partial charge in [-0.15, -0.1) is 0 Å². The second kappa shape index (κ2) is 10.3. The molecule has 2 aromatic rings. The number of anilines is 1. The molecule has 0 spiro atoms. The molecule has 154 valence electrons. The first-order valence-electron chi connectivity index (χ1n) is 9.06. The quantitative estimate of drug-likeness (QED) is 0.616. The van der Waals surface area contributed by atoms with E-state index in [1.54, 1.807) is 24.3 Å². The topological polar surface area (TPSA) is 131 Å². The molecule has 30 heavy (non-hydrogen) atoms. The van der Waals surface area contributed by atoms with Crippen LogP contribution < -0.4 is 5.32 Å². The number of hydrogen-bond acceptors (Lipinski definition) is 6. The zero-order valence-corrected chi connectivity index (χ0v) is 17.1. The van der Waals surface area contributed by atoms with Gasteiger partial charge in [0.15, 0.2) is 5.78 Å². The van der Waals surface area contributed by atoms with Crippen LogP contribution in [0.25, 0.3) is 0 Å². The Bertz CT molecular complexity index is 1080. The summed E-state index contributed by atoms with van der Waals surface area (Å²) in [5.74, 6) is -0.511. The number of nitriles is 2. The molecule has 0 heterocycles. The third kappa shape index (κ3) is 5.74. The summed E-state index contributed by atoms with van der Waals surface area (Å²) < 4.78 is 26.7. The first kappa shape index (κ1) is 22.8. The predicted molar refractivity (Wildman–Crippen MR) is 110 cm³/mol. The van der Waals surface area contributed by atoms with Crippen molar-refractivity contribution in [3.05, 3.63) is 59.7 Å². The molecule has 0 bridgehead atoms. The number of nitrogens with zero attached hydrogens (tertiary/aromatic N) is 3. The molecule has 0 fully saturated rings. The molecule has 0 unspecified atom stereocenters. The number of rotatable bonds is 9. The Morgan fingerprint density at radius 3 is 1.87 bits per heavy atom. The van der Waals surface area contributed by atoms with Crippen LogP contribution in [0.3, 0.4) is 0 Å². The average molecular weight is 424 g/mol. The minimum absolute atomic E-state index is 0.00751. The summed E-state index contributed by atoms with van der Waals surface area (Å²) >= 11 is 0.